The topological polar surface area (TPSA) is 72.5 Å². The van der Waals surface area contributed by atoms with Crippen molar-refractivity contribution in [3.8, 4) is 5.75 Å². The van der Waals surface area contributed by atoms with Crippen LogP contribution < -0.4 is 10.5 Å². The number of halogens is 1. The predicted molar refractivity (Wildman–Crippen MR) is 62.7 cm³/mol. The minimum absolute atomic E-state index is 0.289. The lowest BCUT2D eigenvalue weighted by Crippen LogP contribution is -2.32. The van der Waals surface area contributed by atoms with Crippen LogP contribution in [0.4, 0.5) is 0 Å². The molecule has 1 aromatic rings. The van der Waals surface area contributed by atoms with Crippen molar-refractivity contribution < 1.29 is 14.6 Å². The third-order valence-corrected chi connectivity index (χ3v) is 3.04. The van der Waals surface area contributed by atoms with Crippen molar-refractivity contribution in [1.29, 1.82) is 0 Å². The first kappa shape index (κ1) is 11.4. The molecule has 1 aliphatic heterocycles. The van der Waals surface area contributed by atoms with E-state index in [9.17, 15) is 4.79 Å². The van der Waals surface area contributed by atoms with Gasteiger partial charge in [0, 0.05) is 17.3 Å². The first-order valence-electron chi connectivity index (χ1n) is 5.00. The highest BCUT2D eigenvalue weighted by molar-refractivity contribution is 9.10. The maximum absolute atomic E-state index is 10.7. The number of rotatable bonds is 3. The molecule has 0 aliphatic carbocycles. The molecule has 0 spiro atoms. The Balaban J connectivity index is 2.30. The predicted octanol–water partition coefficient (Wildman–Crippen LogP) is 1.34. The van der Waals surface area contributed by atoms with Crippen LogP contribution in [-0.2, 0) is 17.6 Å². The standard InChI is InChI=1S/C11H12BrNO3/c12-8-3-6-1-2-16-10(6)7(4-8)5-9(13)11(14)15/h3-4,9H,1-2,5,13H2,(H,14,15)/t9-/m1/s1. The van der Waals surface area contributed by atoms with Gasteiger partial charge < -0.3 is 15.6 Å². The van der Waals surface area contributed by atoms with Crippen LogP contribution in [0.5, 0.6) is 5.75 Å². The summed E-state index contributed by atoms with van der Waals surface area (Å²) in [6.45, 7) is 0.654. The molecule has 1 aliphatic rings. The van der Waals surface area contributed by atoms with E-state index in [1.54, 1.807) is 0 Å². The zero-order chi connectivity index (χ0) is 11.7. The summed E-state index contributed by atoms with van der Waals surface area (Å²) in [5.74, 6) is -0.188. The third-order valence-electron chi connectivity index (χ3n) is 2.58. The Morgan fingerprint density at radius 3 is 3.06 bits per heavy atom. The van der Waals surface area contributed by atoms with Crippen molar-refractivity contribution in [1.82, 2.24) is 0 Å². The monoisotopic (exact) mass is 285 g/mol. The highest BCUT2D eigenvalue weighted by Gasteiger charge is 2.21. The smallest absolute Gasteiger partial charge is 0.320 e. The van der Waals surface area contributed by atoms with Crippen molar-refractivity contribution in [3.63, 3.8) is 0 Å². The van der Waals surface area contributed by atoms with Gasteiger partial charge in [0.05, 0.1) is 6.61 Å². The number of hydrogen-bond donors (Lipinski definition) is 2. The minimum Gasteiger partial charge on any atom is -0.493 e. The van der Waals surface area contributed by atoms with Crippen molar-refractivity contribution in [2.45, 2.75) is 18.9 Å². The molecule has 16 heavy (non-hydrogen) atoms. The molecule has 0 aromatic heterocycles. The molecule has 1 heterocycles. The van der Waals surface area contributed by atoms with Gasteiger partial charge in [0.15, 0.2) is 0 Å². The Hall–Kier alpha value is -1.07. The fourth-order valence-corrected chi connectivity index (χ4v) is 2.37. The second-order valence-corrected chi connectivity index (χ2v) is 4.72. The molecule has 86 valence electrons. The second kappa shape index (κ2) is 4.43. The fraction of sp³-hybridized carbons (Fsp3) is 0.364. The van der Waals surface area contributed by atoms with E-state index in [1.807, 2.05) is 12.1 Å². The van der Waals surface area contributed by atoms with Gasteiger partial charge in [-0.2, -0.15) is 0 Å². The molecule has 0 saturated heterocycles. The normalized spacial score (nSPS) is 15.4. The molecule has 3 N–H and O–H groups in total. The molecule has 0 unspecified atom stereocenters. The molecule has 0 amide bonds. The quantitative estimate of drug-likeness (QED) is 0.879. The Bertz CT molecular complexity index is 433. The molecule has 4 nitrogen and oxygen atoms in total. The number of fused-ring (bicyclic) bond motifs is 1. The maximum atomic E-state index is 10.7. The van der Waals surface area contributed by atoms with Crippen molar-refractivity contribution in [2.24, 2.45) is 5.73 Å². The number of aliphatic carboxylic acids is 1. The van der Waals surface area contributed by atoms with E-state index in [2.05, 4.69) is 15.9 Å². The Morgan fingerprint density at radius 2 is 2.38 bits per heavy atom. The third kappa shape index (κ3) is 2.20. The van der Waals surface area contributed by atoms with E-state index in [-0.39, 0.29) is 6.42 Å². The maximum Gasteiger partial charge on any atom is 0.320 e. The van der Waals surface area contributed by atoms with Crippen LogP contribution in [0.25, 0.3) is 0 Å². The lowest BCUT2D eigenvalue weighted by atomic mass is 10.0. The van der Waals surface area contributed by atoms with Gasteiger partial charge in [-0.3, -0.25) is 4.79 Å². The van der Waals surface area contributed by atoms with Crippen molar-refractivity contribution in [3.05, 3.63) is 27.7 Å². The largest absolute Gasteiger partial charge is 0.493 e. The van der Waals surface area contributed by atoms with Gasteiger partial charge >= 0.3 is 5.97 Å². The molecule has 0 saturated carbocycles. The Labute approximate surface area is 102 Å². The van der Waals surface area contributed by atoms with E-state index < -0.39 is 12.0 Å². The molecule has 2 rings (SSSR count). The van der Waals surface area contributed by atoms with Crippen LogP contribution in [-0.4, -0.2) is 23.7 Å². The molecule has 1 aromatic carbocycles. The van der Waals surface area contributed by atoms with Gasteiger partial charge in [-0.25, -0.2) is 0 Å². The number of hydrogen-bond acceptors (Lipinski definition) is 3. The fourth-order valence-electron chi connectivity index (χ4n) is 1.82. The molecular weight excluding hydrogens is 274 g/mol. The minimum atomic E-state index is -0.994. The van der Waals surface area contributed by atoms with Gasteiger partial charge in [0.2, 0.25) is 0 Å². The van der Waals surface area contributed by atoms with Gasteiger partial charge in [0.1, 0.15) is 11.8 Å². The molecule has 5 heteroatoms. The lowest BCUT2D eigenvalue weighted by Gasteiger charge is -2.11. The summed E-state index contributed by atoms with van der Waals surface area (Å²) in [6.07, 6.45) is 1.15. The van der Waals surface area contributed by atoms with Crippen LogP contribution in [0.2, 0.25) is 0 Å². The second-order valence-electron chi connectivity index (χ2n) is 3.80. The number of ether oxygens (including phenoxy) is 1. The van der Waals surface area contributed by atoms with Crippen LogP contribution in [0.15, 0.2) is 16.6 Å². The van der Waals surface area contributed by atoms with Gasteiger partial charge in [-0.15, -0.1) is 0 Å². The molecule has 0 radical (unpaired) electrons. The molecule has 0 bridgehead atoms. The van der Waals surface area contributed by atoms with E-state index in [1.165, 1.54) is 0 Å². The number of nitrogens with two attached hydrogens (primary N) is 1. The van der Waals surface area contributed by atoms with Gasteiger partial charge in [0.25, 0.3) is 0 Å². The van der Waals surface area contributed by atoms with E-state index in [0.717, 1.165) is 27.8 Å². The first-order chi connectivity index (χ1) is 7.58. The highest BCUT2D eigenvalue weighted by atomic mass is 79.9. The van der Waals surface area contributed by atoms with Crippen LogP contribution in [0, 0.1) is 0 Å². The average molecular weight is 286 g/mol. The van der Waals surface area contributed by atoms with Gasteiger partial charge in [-0.05, 0) is 23.3 Å². The van der Waals surface area contributed by atoms with E-state index in [4.69, 9.17) is 15.6 Å². The summed E-state index contributed by atoms with van der Waals surface area (Å²) in [6, 6.07) is 2.98. The van der Waals surface area contributed by atoms with E-state index >= 15 is 0 Å². The van der Waals surface area contributed by atoms with Crippen molar-refractivity contribution in [2.75, 3.05) is 6.61 Å². The molecule has 1 atom stereocenters. The van der Waals surface area contributed by atoms with Crippen LogP contribution in [0.3, 0.4) is 0 Å². The Kier molecular flexibility index (Phi) is 3.16. The zero-order valence-electron chi connectivity index (χ0n) is 8.57. The lowest BCUT2D eigenvalue weighted by molar-refractivity contribution is -0.138. The molecular formula is C11H12BrNO3. The van der Waals surface area contributed by atoms with Gasteiger partial charge in [-0.1, -0.05) is 15.9 Å². The summed E-state index contributed by atoms with van der Waals surface area (Å²) in [5, 5.41) is 8.78. The SMILES string of the molecule is N[C@H](Cc1cc(Br)cc2c1OCC2)C(=O)O. The average Bonchev–Trinajstić information content (AvgIpc) is 2.65. The highest BCUT2D eigenvalue weighted by Crippen LogP contribution is 2.33. The van der Waals surface area contributed by atoms with E-state index in [0.29, 0.717) is 6.61 Å². The Morgan fingerprint density at radius 1 is 1.62 bits per heavy atom. The molecule has 0 fully saturated rings. The summed E-state index contributed by atoms with van der Waals surface area (Å²) >= 11 is 3.40. The number of carboxylic acids is 1. The summed E-state index contributed by atoms with van der Waals surface area (Å²) in [7, 11) is 0. The summed E-state index contributed by atoms with van der Waals surface area (Å²) in [4.78, 5) is 10.7. The van der Waals surface area contributed by atoms with Crippen LogP contribution in [0.1, 0.15) is 11.1 Å². The number of benzene rings is 1. The first-order valence-corrected chi connectivity index (χ1v) is 5.79. The number of carbonyl (C=O) groups is 1. The van der Waals surface area contributed by atoms with Crippen LogP contribution >= 0.6 is 15.9 Å². The summed E-state index contributed by atoms with van der Waals surface area (Å²) < 4.78 is 6.43. The summed E-state index contributed by atoms with van der Waals surface area (Å²) in [5.41, 5.74) is 7.49. The number of carboxylic acid groups (broad SMARTS) is 1. The van der Waals surface area contributed by atoms with Crippen molar-refractivity contribution >= 4 is 21.9 Å². The zero-order valence-corrected chi connectivity index (χ0v) is 10.2.